The van der Waals surface area contributed by atoms with E-state index in [0.717, 1.165) is 35.9 Å². The Morgan fingerprint density at radius 2 is 2.21 bits per heavy atom. The van der Waals surface area contributed by atoms with E-state index in [-0.39, 0.29) is 29.8 Å². The third-order valence-corrected chi connectivity index (χ3v) is 5.50. The van der Waals surface area contributed by atoms with Crippen molar-refractivity contribution in [2.45, 2.75) is 51.1 Å². The Bertz CT molecular complexity index is 771. The standard InChI is InChI=1S/C17H23N5O2/c1-8(18)15-12-5-10(3-4-11(12)17(23)22-21-15)13-6-19-7-14-16(13)24-9(2)20-14/h6-8,10-12,15,21H,3-5,18H2,1-2H3,(H,22,23). The van der Waals surface area contributed by atoms with Crippen LogP contribution in [-0.4, -0.2) is 28.0 Å². The summed E-state index contributed by atoms with van der Waals surface area (Å²) in [5.41, 5.74) is 14.8. The second-order valence-corrected chi connectivity index (χ2v) is 7.11. The van der Waals surface area contributed by atoms with Gasteiger partial charge in [0.05, 0.1) is 6.20 Å². The van der Waals surface area contributed by atoms with Crippen molar-refractivity contribution in [3.8, 4) is 0 Å². The first-order chi connectivity index (χ1) is 11.5. The summed E-state index contributed by atoms with van der Waals surface area (Å²) in [5.74, 6) is 1.30. The van der Waals surface area contributed by atoms with Crippen molar-refractivity contribution >= 4 is 17.0 Å². The molecule has 1 aliphatic heterocycles. The molecule has 0 aromatic carbocycles. The molecule has 1 aliphatic carbocycles. The molecule has 1 saturated heterocycles. The molecule has 0 spiro atoms. The van der Waals surface area contributed by atoms with Gasteiger partial charge in [-0.2, -0.15) is 0 Å². The predicted octanol–water partition coefficient (Wildman–Crippen LogP) is 1.38. The van der Waals surface area contributed by atoms with E-state index in [1.165, 1.54) is 0 Å². The molecule has 7 nitrogen and oxygen atoms in total. The second-order valence-electron chi connectivity index (χ2n) is 7.11. The number of hydrogen-bond donors (Lipinski definition) is 3. The third-order valence-electron chi connectivity index (χ3n) is 5.50. The lowest BCUT2D eigenvalue weighted by atomic mass is 9.67. The molecule has 0 bridgehead atoms. The largest absolute Gasteiger partial charge is 0.441 e. The molecule has 2 aromatic rings. The van der Waals surface area contributed by atoms with Gasteiger partial charge < -0.3 is 10.2 Å². The fourth-order valence-electron chi connectivity index (χ4n) is 4.36. The van der Waals surface area contributed by atoms with Crippen molar-refractivity contribution in [2.75, 3.05) is 0 Å². The van der Waals surface area contributed by atoms with Gasteiger partial charge in [-0.3, -0.25) is 15.2 Å². The highest BCUT2D eigenvalue weighted by Crippen LogP contribution is 2.44. The molecular weight excluding hydrogens is 306 g/mol. The zero-order valence-electron chi connectivity index (χ0n) is 14.0. The van der Waals surface area contributed by atoms with Gasteiger partial charge in [-0.25, -0.2) is 10.4 Å². The molecule has 4 rings (SSSR count). The minimum atomic E-state index is -0.0294. The van der Waals surface area contributed by atoms with E-state index >= 15 is 0 Å². The summed E-state index contributed by atoms with van der Waals surface area (Å²) in [4.78, 5) is 20.9. The van der Waals surface area contributed by atoms with Crippen LogP contribution in [0.15, 0.2) is 16.8 Å². The summed E-state index contributed by atoms with van der Waals surface area (Å²) < 4.78 is 5.81. The Morgan fingerprint density at radius 1 is 1.38 bits per heavy atom. The minimum Gasteiger partial charge on any atom is -0.441 e. The normalized spacial score (nSPS) is 31.5. The average molecular weight is 329 g/mol. The van der Waals surface area contributed by atoms with Crippen molar-refractivity contribution in [1.82, 2.24) is 20.8 Å². The van der Waals surface area contributed by atoms with Crippen molar-refractivity contribution in [2.24, 2.45) is 17.6 Å². The summed E-state index contributed by atoms with van der Waals surface area (Å²) in [6, 6.07) is 0.0532. The third kappa shape index (κ3) is 2.48. The van der Waals surface area contributed by atoms with E-state index in [1.54, 1.807) is 6.20 Å². The van der Waals surface area contributed by atoms with Crippen LogP contribution in [0.3, 0.4) is 0 Å². The van der Waals surface area contributed by atoms with Gasteiger partial charge in [-0.1, -0.05) is 0 Å². The van der Waals surface area contributed by atoms with Gasteiger partial charge in [0, 0.05) is 36.7 Å². The van der Waals surface area contributed by atoms with Gasteiger partial charge in [0.15, 0.2) is 11.5 Å². The molecule has 4 N–H and O–H groups in total. The van der Waals surface area contributed by atoms with E-state index in [4.69, 9.17) is 10.2 Å². The quantitative estimate of drug-likeness (QED) is 0.768. The maximum Gasteiger partial charge on any atom is 0.237 e. The number of pyridine rings is 1. The van der Waals surface area contributed by atoms with E-state index in [2.05, 4.69) is 20.8 Å². The second kappa shape index (κ2) is 5.82. The first kappa shape index (κ1) is 15.5. The van der Waals surface area contributed by atoms with Crippen LogP contribution in [-0.2, 0) is 4.79 Å². The fraction of sp³-hybridized carbons (Fsp3) is 0.588. The van der Waals surface area contributed by atoms with Crippen molar-refractivity contribution in [3.63, 3.8) is 0 Å². The topological polar surface area (TPSA) is 106 Å². The fourth-order valence-corrected chi connectivity index (χ4v) is 4.36. The van der Waals surface area contributed by atoms with Gasteiger partial charge in [-0.15, -0.1) is 0 Å². The molecule has 1 amide bonds. The van der Waals surface area contributed by atoms with Crippen LogP contribution in [0.2, 0.25) is 0 Å². The molecule has 0 radical (unpaired) electrons. The summed E-state index contributed by atoms with van der Waals surface area (Å²) >= 11 is 0. The zero-order valence-corrected chi connectivity index (χ0v) is 14.0. The number of fused-ring (bicyclic) bond motifs is 2. The van der Waals surface area contributed by atoms with Crippen LogP contribution in [0.4, 0.5) is 0 Å². The van der Waals surface area contributed by atoms with Crippen molar-refractivity contribution in [3.05, 3.63) is 23.8 Å². The molecule has 2 aromatic heterocycles. The van der Waals surface area contributed by atoms with Crippen molar-refractivity contribution < 1.29 is 9.21 Å². The van der Waals surface area contributed by atoms with Crippen LogP contribution in [0.1, 0.15) is 43.6 Å². The van der Waals surface area contributed by atoms with E-state index in [0.29, 0.717) is 11.8 Å². The van der Waals surface area contributed by atoms with Crippen molar-refractivity contribution in [1.29, 1.82) is 0 Å². The predicted molar refractivity (Wildman–Crippen MR) is 88.8 cm³/mol. The molecule has 1 saturated carbocycles. The molecular formula is C17H23N5O2. The highest BCUT2D eigenvalue weighted by Gasteiger charge is 2.44. The zero-order chi connectivity index (χ0) is 16.8. The van der Waals surface area contributed by atoms with Crippen LogP contribution < -0.4 is 16.6 Å². The van der Waals surface area contributed by atoms with Crippen LogP contribution >= 0.6 is 0 Å². The Labute approximate surface area is 140 Å². The van der Waals surface area contributed by atoms with E-state index in [1.807, 2.05) is 20.0 Å². The maximum atomic E-state index is 12.2. The molecule has 3 heterocycles. The van der Waals surface area contributed by atoms with Gasteiger partial charge in [0.1, 0.15) is 5.52 Å². The SMILES string of the molecule is Cc1nc2cncc(C3CCC4C(=O)NNC(C(C)N)C4C3)c2o1. The number of rotatable bonds is 2. The number of nitrogens with one attached hydrogen (secondary N) is 2. The number of hydrazine groups is 1. The first-order valence-electron chi connectivity index (χ1n) is 8.56. The van der Waals surface area contributed by atoms with Crippen LogP contribution in [0.25, 0.3) is 11.1 Å². The molecule has 2 fully saturated rings. The highest BCUT2D eigenvalue weighted by atomic mass is 16.3. The van der Waals surface area contributed by atoms with Crippen LogP contribution in [0, 0.1) is 18.8 Å². The van der Waals surface area contributed by atoms with Gasteiger partial charge in [-0.05, 0) is 38.0 Å². The summed E-state index contributed by atoms with van der Waals surface area (Å²) in [6.45, 7) is 3.83. The summed E-state index contributed by atoms with van der Waals surface area (Å²) in [5, 5.41) is 0. The van der Waals surface area contributed by atoms with E-state index in [9.17, 15) is 4.79 Å². The number of aryl methyl sites for hydroxylation is 1. The summed E-state index contributed by atoms with van der Waals surface area (Å²) in [7, 11) is 0. The van der Waals surface area contributed by atoms with Gasteiger partial charge in [0.2, 0.25) is 5.91 Å². The molecule has 24 heavy (non-hydrogen) atoms. The Morgan fingerprint density at radius 3 is 3.00 bits per heavy atom. The molecule has 7 heteroatoms. The smallest absolute Gasteiger partial charge is 0.237 e. The molecule has 128 valence electrons. The van der Waals surface area contributed by atoms with Gasteiger partial charge >= 0.3 is 0 Å². The lowest BCUT2D eigenvalue weighted by Crippen LogP contribution is -2.64. The molecule has 5 unspecified atom stereocenters. The van der Waals surface area contributed by atoms with Gasteiger partial charge in [0.25, 0.3) is 0 Å². The number of nitrogens with two attached hydrogens (primary N) is 1. The number of aromatic nitrogens is 2. The number of hydrogen-bond acceptors (Lipinski definition) is 6. The number of carbonyl (C=O) groups is 1. The maximum absolute atomic E-state index is 12.2. The Kier molecular flexibility index (Phi) is 3.77. The van der Waals surface area contributed by atoms with E-state index < -0.39 is 0 Å². The first-order valence-corrected chi connectivity index (χ1v) is 8.56. The lowest BCUT2D eigenvalue weighted by molar-refractivity contribution is -0.133. The monoisotopic (exact) mass is 329 g/mol. The average Bonchev–Trinajstić information content (AvgIpc) is 2.94. The number of amides is 1. The summed E-state index contributed by atoms with van der Waals surface area (Å²) in [6.07, 6.45) is 6.32. The minimum absolute atomic E-state index is 0.0294. The highest BCUT2D eigenvalue weighted by molar-refractivity contribution is 5.80. The Balaban J connectivity index is 1.67. The molecule has 2 aliphatic rings. The Hall–Kier alpha value is -1.99. The molecule has 5 atom stereocenters. The number of nitrogens with zero attached hydrogens (tertiary/aromatic N) is 2. The number of carbonyl (C=O) groups excluding carboxylic acids is 1. The van der Waals surface area contributed by atoms with Crippen LogP contribution in [0.5, 0.6) is 0 Å². The number of oxazole rings is 1. The lowest BCUT2D eigenvalue weighted by Gasteiger charge is -2.45.